The van der Waals surface area contributed by atoms with E-state index in [0.29, 0.717) is 18.0 Å². The molecule has 2 aliphatic rings. The highest BCUT2D eigenvalue weighted by atomic mass is 19.4. The first-order chi connectivity index (χ1) is 13.7. The monoisotopic (exact) mass is 418 g/mol. The number of methoxy groups -OCH3 is 1. The van der Waals surface area contributed by atoms with Crippen LogP contribution in [0.4, 0.5) is 13.2 Å². The molecule has 0 aliphatic carbocycles. The van der Waals surface area contributed by atoms with Gasteiger partial charge in [-0.05, 0) is 43.7 Å². The number of amides is 1. The average Bonchev–Trinajstić information content (AvgIpc) is 3.08. The minimum atomic E-state index is -5.08. The molecule has 2 saturated heterocycles. The number of aromatic nitrogens is 1. The maximum Gasteiger partial charge on any atom is 0.490 e. The highest BCUT2D eigenvalue weighted by Crippen LogP contribution is 2.38. The Morgan fingerprint density at radius 1 is 1.38 bits per heavy atom. The van der Waals surface area contributed by atoms with Gasteiger partial charge in [0, 0.05) is 44.8 Å². The molecule has 29 heavy (non-hydrogen) atoms. The second-order valence-corrected chi connectivity index (χ2v) is 7.21. The van der Waals surface area contributed by atoms with E-state index in [4.69, 9.17) is 19.4 Å². The number of likely N-dealkylation sites (tertiary alicyclic amines) is 1. The highest BCUT2D eigenvalue weighted by Gasteiger charge is 2.44. The topological polar surface area (TPSA) is 89.0 Å². The van der Waals surface area contributed by atoms with Crippen molar-refractivity contribution in [2.75, 3.05) is 33.4 Å². The standard InChI is InChI=1S/C17H24N2O3.C2HF3O2/c1-21-10-5-14-11-17(22-12-14)6-2-9-19(13-17)16(20)15-3-7-18-8-4-15;3-2(4,5)1(6)7/h3-4,7-8,14H,2,5-6,9-13H2,1H3;(H,6,7). The number of carboxylic acids is 1. The molecule has 0 radical (unpaired) electrons. The minimum absolute atomic E-state index is 0.0883. The number of carboxylic acid groups (broad SMARTS) is 1. The number of carbonyl (C=O) groups excluding carboxylic acids is 1. The van der Waals surface area contributed by atoms with Gasteiger partial charge in [-0.15, -0.1) is 0 Å². The lowest BCUT2D eigenvalue weighted by atomic mass is 9.85. The number of ether oxygens (including phenoxy) is 2. The Morgan fingerprint density at radius 2 is 2.03 bits per heavy atom. The molecule has 1 amide bonds. The summed E-state index contributed by atoms with van der Waals surface area (Å²) in [4.78, 5) is 27.4. The SMILES string of the molecule is COCCC1COC2(CCCN(C(=O)c3ccncc3)C2)C1.O=C(O)C(F)(F)F. The van der Waals surface area contributed by atoms with Crippen LogP contribution in [0.2, 0.25) is 0 Å². The molecule has 7 nitrogen and oxygen atoms in total. The van der Waals surface area contributed by atoms with Gasteiger partial charge < -0.3 is 19.5 Å². The summed E-state index contributed by atoms with van der Waals surface area (Å²) >= 11 is 0. The normalized spacial score (nSPS) is 24.1. The lowest BCUT2D eigenvalue weighted by Crippen LogP contribution is -2.50. The fourth-order valence-electron chi connectivity index (χ4n) is 3.64. The van der Waals surface area contributed by atoms with Crippen molar-refractivity contribution in [3.8, 4) is 0 Å². The zero-order chi connectivity index (χ0) is 21.5. The van der Waals surface area contributed by atoms with Crippen molar-refractivity contribution in [1.29, 1.82) is 0 Å². The van der Waals surface area contributed by atoms with E-state index in [1.807, 2.05) is 4.90 Å². The molecule has 2 unspecified atom stereocenters. The minimum Gasteiger partial charge on any atom is -0.475 e. The number of nitrogens with zero attached hydrogens (tertiary/aromatic N) is 2. The van der Waals surface area contributed by atoms with Crippen LogP contribution in [0.5, 0.6) is 0 Å². The van der Waals surface area contributed by atoms with Gasteiger partial charge in [0.15, 0.2) is 0 Å². The van der Waals surface area contributed by atoms with Gasteiger partial charge in [-0.3, -0.25) is 9.78 Å². The van der Waals surface area contributed by atoms with Crippen LogP contribution >= 0.6 is 0 Å². The zero-order valence-corrected chi connectivity index (χ0v) is 16.2. The van der Waals surface area contributed by atoms with Gasteiger partial charge >= 0.3 is 12.1 Å². The molecule has 3 heterocycles. The first kappa shape index (κ1) is 23.1. The summed E-state index contributed by atoms with van der Waals surface area (Å²) in [5.74, 6) is -2.12. The third-order valence-corrected chi connectivity index (χ3v) is 5.01. The van der Waals surface area contributed by atoms with Crippen LogP contribution in [0.15, 0.2) is 24.5 Å². The Morgan fingerprint density at radius 3 is 2.62 bits per heavy atom. The Labute approximate surface area is 166 Å². The zero-order valence-electron chi connectivity index (χ0n) is 16.2. The smallest absolute Gasteiger partial charge is 0.475 e. The summed E-state index contributed by atoms with van der Waals surface area (Å²) < 4.78 is 43.1. The Kier molecular flexibility index (Phi) is 7.97. The Hall–Kier alpha value is -2.20. The van der Waals surface area contributed by atoms with E-state index in [0.717, 1.165) is 45.4 Å². The van der Waals surface area contributed by atoms with Crippen molar-refractivity contribution in [2.24, 2.45) is 5.92 Å². The maximum absolute atomic E-state index is 12.6. The number of piperidine rings is 1. The predicted molar refractivity (Wildman–Crippen MR) is 96.3 cm³/mol. The molecule has 1 aromatic rings. The molecule has 1 spiro atoms. The van der Waals surface area contributed by atoms with E-state index in [2.05, 4.69) is 4.98 Å². The summed E-state index contributed by atoms with van der Waals surface area (Å²) in [6, 6.07) is 3.56. The van der Waals surface area contributed by atoms with Gasteiger partial charge in [0.2, 0.25) is 0 Å². The predicted octanol–water partition coefficient (Wildman–Crippen LogP) is 2.76. The van der Waals surface area contributed by atoms with Crippen molar-refractivity contribution >= 4 is 11.9 Å². The molecule has 1 aromatic heterocycles. The molecule has 10 heteroatoms. The van der Waals surface area contributed by atoms with E-state index in [-0.39, 0.29) is 11.5 Å². The average molecular weight is 418 g/mol. The third kappa shape index (κ3) is 6.67. The number of pyridine rings is 1. The lowest BCUT2D eigenvalue weighted by molar-refractivity contribution is -0.192. The molecule has 162 valence electrons. The van der Waals surface area contributed by atoms with Gasteiger partial charge in [0.05, 0.1) is 12.2 Å². The second kappa shape index (κ2) is 10.0. The molecular weight excluding hydrogens is 393 g/mol. The Bertz CT molecular complexity index is 686. The van der Waals surface area contributed by atoms with E-state index >= 15 is 0 Å². The number of halogens is 3. The summed E-state index contributed by atoms with van der Waals surface area (Å²) in [5.41, 5.74) is 0.570. The van der Waals surface area contributed by atoms with Crippen LogP contribution < -0.4 is 0 Å². The molecule has 0 bridgehead atoms. The summed E-state index contributed by atoms with van der Waals surface area (Å²) in [6.07, 6.45) is 2.39. The molecule has 0 aromatic carbocycles. The molecule has 2 fully saturated rings. The van der Waals surface area contributed by atoms with Gasteiger partial charge in [-0.2, -0.15) is 13.2 Å². The number of alkyl halides is 3. The summed E-state index contributed by atoms with van der Waals surface area (Å²) in [7, 11) is 1.74. The van der Waals surface area contributed by atoms with Crippen LogP contribution in [0.1, 0.15) is 36.0 Å². The number of aliphatic carboxylic acids is 1. The molecular formula is C19H25F3N2O5. The van der Waals surface area contributed by atoms with Crippen molar-refractivity contribution in [3.63, 3.8) is 0 Å². The van der Waals surface area contributed by atoms with Crippen LogP contribution in [-0.4, -0.2) is 72.1 Å². The first-order valence-electron chi connectivity index (χ1n) is 9.29. The third-order valence-electron chi connectivity index (χ3n) is 5.01. The number of hydrogen-bond acceptors (Lipinski definition) is 5. The quantitative estimate of drug-likeness (QED) is 0.809. The Balaban J connectivity index is 0.000000370. The number of carbonyl (C=O) groups is 2. The molecule has 2 aliphatic heterocycles. The highest BCUT2D eigenvalue weighted by molar-refractivity contribution is 5.94. The summed E-state index contributed by atoms with van der Waals surface area (Å²) in [6.45, 7) is 3.09. The first-order valence-corrected chi connectivity index (χ1v) is 9.29. The van der Waals surface area contributed by atoms with Gasteiger partial charge in [-0.25, -0.2) is 4.79 Å². The van der Waals surface area contributed by atoms with Gasteiger partial charge in [0.25, 0.3) is 5.91 Å². The van der Waals surface area contributed by atoms with E-state index < -0.39 is 12.1 Å². The lowest BCUT2D eigenvalue weighted by Gasteiger charge is -2.39. The van der Waals surface area contributed by atoms with Crippen molar-refractivity contribution in [3.05, 3.63) is 30.1 Å². The maximum atomic E-state index is 12.6. The van der Waals surface area contributed by atoms with Crippen LogP contribution in [0.3, 0.4) is 0 Å². The van der Waals surface area contributed by atoms with E-state index in [1.54, 1.807) is 31.6 Å². The fraction of sp³-hybridized carbons (Fsp3) is 0.632. The van der Waals surface area contributed by atoms with E-state index in [9.17, 15) is 18.0 Å². The fourth-order valence-corrected chi connectivity index (χ4v) is 3.64. The molecule has 1 N–H and O–H groups in total. The molecule has 2 atom stereocenters. The number of hydrogen-bond donors (Lipinski definition) is 1. The largest absolute Gasteiger partial charge is 0.490 e. The number of rotatable bonds is 4. The molecule has 0 saturated carbocycles. The van der Waals surface area contributed by atoms with E-state index in [1.165, 1.54) is 0 Å². The van der Waals surface area contributed by atoms with Gasteiger partial charge in [0.1, 0.15) is 0 Å². The van der Waals surface area contributed by atoms with Crippen LogP contribution in [-0.2, 0) is 14.3 Å². The van der Waals surface area contributed by atoms with Crippen LogP contribution in [0, 0.1) is 5.92 Å². The van der Waals surface area contributed by atoms with Crippen molar-refractivity contribution in [2.45, 2.75) is 37.5 Å². The molecule has 3 rings (SSSR count). The van der Waals surface area contributed by atoms with Crippen LogP contribution in [0.25, 0.3) is 0 Å². The van der Waals surface area contributed by atoms with Crippen molar-refractivity contribution < 1.29 is 37.3 Å². The van der Waals surface area contributed by atoms with Gasteiger partial charge in [-0.1, -0.05) is 0 Å². The van der Waals surface area contributed by atoms with Crippen molar-refractivity contribution in [1.82, 2.24) is 9.88 Å². The second-order valence-electron chi connectivity index (χ2n) is 7.21. The summed E-state index contributed by atoms with van der Waals surface area (Å²) in [5, 5.41) is 7.12.